The molecule has 0 aliphatic heterocycles. The van der Waals surface area contributed by atoms with Gasteiger partial charge in [-0.05, 0) is 36.1 Å². The third-order valence-electron chi connectivity index (χ3n) is 3.94. The summed E-state index contributed by atoms with van der Waals surface area (Å²) in [7, 11) is 0. The Morgan fingerprint density at radius 1 is 1.04 bits per heavy atom. The summed E-state index contributed by atoms with van der Waals surface area (Å²) in [6.45, 7) is 5.23. The van der Waals surface area contributed by atoms with Crippen molar-refractivity contribution in [2.45, 2.75) is 33.3 Å². The van der Waals surface area contributed by atoms with Gasteiger partial charge < -0.3 is 10.1 Å². The lowest BCUT2D eigenvalue weighted by atomic mass is 10.1. The van der Waals surface area contributed by atoms with Crippen LogP contribution in [0.1, 0.15) is 31.4 Å². The van der Waals surface area contributed by atoms with Crippen molar-refractivity contribution in [2.24, 2.45) is 5.92 Å². The fourth-order valence-corrected chi connectivity index (χ4v) is 2.18. The molecule has 0 heterocycles. The summed E-state index contributed by atoms with van der Waals surface area (Å²) in [6, 6.07) is 18.2. The van der Waals surface area contributed by atoms with E-state index in [-0.39, 0.29) is 11.8 Å². The minimum Gasteiger partial charge on any atom is -0.489 e. The quantitative estimate of drug-likeness (QED) is 0.801. The van der Waals surface area contributed by atoms with E-state index < -0.39 is 0 Å². The SMILES string of the molecule is CC[C@H](C)C(=O)NCCc1ccc(OCc2ccccc2)cc1. The van der Waals surface area contributed by atoms with E-state index in [1.807, 2.05) is 56.3 Å². The molecule has 0 unspecified atom stereocenters. The first-order chi connectivity index (χ1) is 11.2. The molecule has 0 aliphatic carbocycles. The van der Waals surface area contributed by atoms with Crippen molar-refractivity contribution in [1.29, 1.82) is 0 Å². The Morgan fingerprint density at radius 2 is 1.74 bits per heavy atom. The summed E-state index contributed by atoms with van der Waals surface area (Å²) in [5.74, 6) is 1.08. The molecule has 2 aromatic carbocycles. The molecule has 0 saturated carbocycles. The topological polar surface area (TPSA) is 38.3 Å². The lowest BCUT2D eigenvalue weighted by Gasteiger charge is -2.10. The normalized spacial score (nSPS) is 11.7. The standard InChI is InChI=1S/C20H25NO2/c1-3-16(2)20(22)21-14-13-17-9-11-19(12-10-17)23-15-18-7-5-4-6-8-18/h4-12,16H,3,13-15H2,1-2H3,(H,21,22)/t16-/m0/s1. The average Bonchev–Trinajstić information content (AvgIpc) is 2.61. The van der Waals surface area contributed by atoms with Gasteiger partial charge in [0.1, 0.15) is 12.4 Å². The molecule has 0 saturated heterocycles. The number of benzene rings is 2. The van der Waals surface area contributed by atoms with Crippen LogP contribution in [0.15, 0.2) is 54.6 Å². The van der Waals surface area contributed by atoms with Gasteiger partial charge in [-0.25, -0.2) is 0 Å². The second-order valence-corrected chi connectivity index (χ2v) is 5.77. The molecule has 1 N–H and O–H groups in total. The molecule has 2 aromatic rings. The van der Waals surface area contributed by atoms with Crippen molar-refractivity contribution >= 4 is 5.91 Å². The molecule has 1 atom stereocenters. The summed E-state index contributed by atoms with van der Waals surface area (Å²) in [5.41, 5.74) is 2.35. The van der Waals surface area contributed by atoms with E-state index in [9.17, 15) is 4.79 Å². The molecule has 1 amide bonds. The summed E-state index contributed by atoms with van der Waals surface area (Å²) in [5, 5.41) is 2.97. The van der Waals surface area contributed by atoms with Crippen molar-refractivity contribution in [3.8, 4) is 5.75 Å². The molecular formula is C20H25NO2. The molecule has 0 fully saturated rings. The lowest BCUT2D eigenvalue weighted by molar-refractivity contribution is -0.124. The van der Waals surface area contributed by atoms with Crippen LogP contribution >= 0.6 is 0 Å². The van der Waals surface area contributed by atoms with E-state index in [1.54, 1.807) is 0 Å². The van der Waals surface area contributed by atoms with Gasteiger partial charge in [-0.2, -0.15) is 0 Å². The van der Waals surface area contributed by atoms with Crippen LogP contribution in [0.2, 0.25) is 0 Å². The Labute approximate surface area is 138 Å². The van der Waals surface area contributed by atoms with Crippen LogP contribution in [-0.4, -0.2) is 12.5 Å². The number of ether oxygens (including phenoxy) is 1. The summed E-state index contributed by atoms with van der Waals surface area (Å²) in [4.78, 5) is 11.7. The molecule has 0 spiro atoms. The number of rotatable bonds is 8. The van der Waals surface area contributed by atoms with E-state index in [4.69, 9.17) is 4.74 Å². The highest BCUT2D eigenvalue weighted by Gasteiger charge is 2.08. The van der Waals surface area contributed by atoms with Gasteiger partial charge in [-0.15, -0.1) is 0 Å². The fourth-order valence-electron chi connectivity index (χ4n) is 2.18. The molecule has 0 aliphatic rings. The molecule has 0 bridgehead atoms. The summed E-state index contributed by atoms with van der Waals surface area (Å²) >= 11 is 0. The lowest BCUT2D eigenvalue weighted by Crippen LogP contribution is -2.30. The van der Waals surface area contributed by atoms with E-state index in [2.05, 4.69) is 17.4 Å². The Kier molecular flexibility index (Phi) is 6.67. The maximum absolute atomic E-state index is 11.7. The van der Waals surface area contributed by atoms with Crippen LogP contribution in [0, 0.1) is 5.92 Å². The third kappa shape index (κ3) is 5.78. The van der Waals surface area contributed by atoms with Gasteiger partial charge in [-0.1, -0.05) is 56.3 Å². The molecule has 0 radical (unpaired) electrons. The van der Waals surface area contributed by atoms with Gasteiger partial charge >= 0.3 is 0 Å². The Morgan fingerprint density at radius 3 is 2.39 bits per heavy atom. The van der Waals surface area contributed by atoms with E-state index in [0.717, 1.165) is 24.2 Å². The first kappa shape index (κ1) is 17.1. The molecule has 2 rings (SSSR count). The Hall–Kier alpha value is -2.29. The van der Waals surface area contributed by atoms with Crippen LogP contribution in [-0.2, 0) is 17.8 Å². The minimum atomic E-state index is 0.0868. The van der Waals surface area contributed by atoms with Gasteiger partial charge in [0.15, 0.2) is 0 Å². The number of hydrogen-bond donors (Lipinski definition) is 1. The van der Waals surface area contributed by atoms with Gasteiger partial charge in [0.25, 0.3) is 0 Å². The average molecular weight is 311 g/mol. The Bertz CT molecular complexity index is 593. The van der Waals surface area contributed by atoms with E-state index in [1.165, 1.54) is 5.56 Å². The van der Waals surface area contributed by atoms with Crippen molar-refractivity contribution in [3.63, 3.8) is 0 Å². The predicted octanol–water partition coefficient (Wildman–Crippen LogP) is 3.97. The highest BCUT2D eigenvalue weighted by Crippen LogP contribution is 2.14. The molecule has 3 heteroatoms. The van der Waals surface area contributed by atoms with Gasteiger partial charge in [-0.3, -0.25) is 4.79 Å². The minimum absolute atomic E-state index is 0.0868. The molecule has 23 heavy (non-hydrogen) atoms. The first-order valence-corrected chi connectivity index (χ1v) is 8.22. The molecular weight excluding hydrogens is 286 g/mol. The largest absolute Gasteiger partial charge is 0.489 e. The van der Waals surface area contributed by atoms with E-state index in [0.29, 0.717) is 13.2 Å². The number of carbonyl (C=O) groups excluding carboxylic acids is 1. The Balaban J connectivity index is 1.75. The fraction of sp³-hybridized carbons (Fsp3) is 0.350. The highest BCUT2D eigenvalue weighted by atomic mass is 16.5. The van der Waals surface area contributed by atoms with Crippen LogP contribution in [0.3, 0.4) is 0 Å². The number of hydrogen-bond acceptors (Lipinski definition) is 2. The molecule has 0 aromatic heterocycles. The van der Waals surface area contributed by atoms with Crippen molar-refractivity contribution in [3.05, 3.63) is 65.7 Å². The van der Waals surface area contributed by atoms with Gasteiger partial charge in [0.2, 0.25) is 5.91 Å². The number of nitrogens with one attached hydrogen (secondary N) is 1. The summed E-state index contributed by atoms with van der Waals surface area (Å²) < 4.78 is 5.77. The van der Waals surface area contributed by atoms with Gasteiger partial charge in [0.05, 0.1) is 0 Å². The van der Waals surface area contributed by atoms with Crippen LogP contribution in [0.5, 0.6) is 5.75 Å². The van der Waals surface area contributed by atoms with Crippen molar-refractivity contribution in [1.82, 2.24) is 5.32 Å². The van der Waals surface area contributed by atoms with Gasteiger partial charge in [0, 0.05) is 12.5 Å². The second-order valence-electron chi connectivity index (χ2n) is 5.77. The smallest absolute Gasteiger partial charge is 0.222 e. The van der Waals surface area contributed by atoms with E-state index >= 15 is 0 Å². The summed E-state index contributed by atoms with van der Waals surface area (Å²) in [6.07, 6.45) is 1.71. The number of amides is 1. The zero-order chi connectivity index (χ0) is 16.5. The monoisotopic (exact) mass is 311 g/mol. The third-order valence-corrected chi connectivity index (χ3v) is 3.94. The predicted molar refractivity (Wildman–Crippen MR) is 93.4 cm³/mol. The zero-order valence-electron chi connectivity index (χ0n) is 13.9. The maximum Gasteiger partial charge on any atom is 0.222 e. The first-order valence-electron chi connectivity index (χ1n) is 8.22. The van der Waals surface area contributed by atoms with Crippen molar-refractivity contribution in [2.75, 3.05) is 6.54 Å². The van der Waals surface area contributed by atoms with Crippen LogP contribution < -0.4 is 10.1 Å². The zero-order valence-corrected chi connectivity index (χ0v) is 13.9. The van der Waals surface area contributed by atoms with Crippen LogP contribution in [0.4, 0.5) is 0 Å². The number of carbonyl (C=O) groups is 1. The maximum atomic E-state index is 11.7. The van der Waals surface area contributed by atoms with Crippen LogP contribution in [0.25, 0.3) is 0 Å². The molecule has 122 valence electrons. The van der Waals surface area contributed by atoms with Crippen molar-refractivity contribution < 1.29 is 9.53 Å². The molecule has 3 nitrogen and oxygen atoms in total. The highest BCUT2D eigenvalue weighted by molar-refractivity contribution is 5.78. The second kappa shape index (κ2) is 8.99.